The molecular formula is C22H24N4O2. The molecule has 3 aromatic rings. The summed E-state index contributed by atoms with van der Waals surface area (Å²) in [5.41, 5.74) is 3.84. The molecule has 6 nitrogen and oxygen atoms in total. The minimum absolute atomic E-state index is 0.0988. The fourth-order valence-corrected chi connectivity index (χ4v) is 3.24. The molecule has 2 aromatic carbocycles. The van der Waals surface area contributed by atoms with Crippen LogP contribution in [-0.4, -0.2) is 28.9 Å². The lowest BCUT2D eigenvalue weighted by Crippen LogP contribution is -2.08. The van der Waals surface area contributed by atoms with Crippen molar-refractivity contribution in [2.24, 2.45) is 5.16 Å². The normalized spacial score (nSPS) is 18.2. The molecule has 2 heterocycles. The highest BCUT2D eigenvalue weighted by molar-refractivity contribution is 5.98. The highest BCUT2D eigenvalue weighted by atomic mass is 16.6. The maximum Gasteiger partial charge on any atom is 0.231 e. The van der Waals surface area contributed by atoms with E-state index in [9.17, 15) is 0 Å². The summed E-state index contributed by atoms with van der Waals surface area (Å²) >= 11 is 0. The van der Waals surface area contributed by atoms with Gasteiger partial charge in [0.05, 0.1) is 11.6 Å². The summed E-state index contributed by atoms with van der Waals surface area (Å²) in [6, 6.07) is 18.0. The Kier molecular flexibility index (Phi) is 5.48. The number of nitrogens with zero attached hydrogens (tertiary/aromatic N) is 3. The van der Waals surface area contributed by atoms with Gasteiger partial charge in [-0.25, -0.2) is 0 Å². The maximum absolute atomic E-state index is 5.66. The molecule has 1 unspecified atom stereocenters. The van der Waals surface area contributed by atoms with Gasteiger partial charge in [-0.3, -0.25) is 0 Å². The van der Waals surface area contributed by atoms with E-state index in [1.165, 1.54) is 0 Å². The van der Waals surface area contributed by atoms with Crippen LogP contribution < -0.4 is 5.32 Å². The van der Waals surface area contributed by atoms with Crippen molar-refractivity contribution in [3.05, 3.63) is 71.6 Å². The highest BCUT2D eigenvalue weighted by Crippen LogP contribution is 2.24. The molecule has 0 spiro atoms. The fourth-order valence-electron chi connectivity index (χ4n) is 3.24. The van der Waals surface area contributed by atoms with Crippen LogP contribution in [0.3, 0.4) is 0 Å². The lowest BCUT2D eigenvalue weighted by Gasteiger charge is -2.10. The summed E-state index contributed by atoms with van der Waals surface area (Å²) in [5, 5.41) is 11.7. The van der Waals surface area contributed by atoms with Crippen LogP contribution in [0.4, 0.5) is 0 Å². The average Bonchev–Trinajstić information content (AvgIpc) is 3.44. The smallest absolute Gasteiger partial charge is 0.231 e. The van der Waals surface area contributed by atoms with Crippen LogP contribution in [0.1, 0.15) is 49.3 Å². The predicted octanol–water partition coefficient (Wildman–Crippen LogP) is 4.32. The van der Waals surface area contributed by atoms with Crippen LogP contribution in [-0.2, 0) is 4.84 Å². The Hall–Kier alpha value is -2.99. The van der Waals surface area contributed by atoms with Gasteiger partial charge in [-0.15, -0.1) is 0 Å². The minimum Gasteiger partial charge on any atom is -0.388 e. The van der Waals surface area contributed by atoms with Crippen LogP contribution in [0.25, 0.3) is 11.4 Å². The first kappa shape index (κ1) is 18.4. The number of hydrogen-bond acceptors (Lipinski definition) is 6. The van der Waals surface area contributed by atoms with E-state index in [4.69, 9.17) is 9.36 Å². The standard InChI is InChI=1S/C22H24N4O2/c1-15(25-27-16(2)18-6-4-3-5-7-18)17-8-10-19(11-9-17)21-24-22(28-26-21)20-12-13-23-14-20/h3-11,16,20,23H,12-14H2,1-2H3/b25-15+/t16?,20-/m1/s1. The van der Waals surface area contributed by atoms with Gasteiger partial charge in [0.1, 0.15) is 6.10 Å². The van der Waals surface area contributed by atoms with E-state index in [0.717, 1.165) is 41.9 Å². The van der Waals surface area contributed by atoms with Crippen LogP contribution >= 0.6 is 0 Å². The molecule has 144 valence electrons. The molecule has 1 saturated heterocycles. The molecule has 1 N–H and O–H groups in total. The maximum atomic E-state index is 5.66. The molecule has 1 aromatic heterocycles. The Morgan fingerprint density at radius 1 is 1.18 bits per heavy atom. The number of hydrogen-bond donors (Lipinski definition) is 1. The lowest BCUT2D eigenvalue weighted by molar-refractivity contribution is 0.0723. The lowest BCUT2D eigenvalue weighted by atomic mass is 10.1. The second kappa shape index (κ2) is 8.35. The Bertz CT molecular complexity index is 929. The Balaban J connectivity index is 1.42. The molecule has 2 atom stereocenters. The molecule has 0 radical (unpaired) electrons. The third-order valence-corrected chi connectivity index (χ3v) is 5.03. The zero-order valence-electron chi connectivity index (χ0n) is 16.1. The van der Waals surface area contributed by atoms with Crippen LogP contribution in [0.2, 0.25) is 0 Å². The van der Waals surface area contributed by atoms with Crippen LogP contribution in [0, 0.1) is 0 Å². The molecule has 1 fully saturated rings. The van der Waals surface area contributed by atoms with Crippen LogP contribution in [0.5, 0.6) is 0 Å². The van der Waals surface area contributed by atoms with Gasteiger partial charge in [-0.1, -0.05) is 64.9 Å². The number of rotatable bonds is 6. The fraction of sp³-hybridized carbons (Fsp3) is 0.318. The second-order valence-corrected chi connectivity index (χ2v) is 7.06. The Morgan fingerprint density at radius 2 is 1.96 bits per heavy atom. The molecular weight excluding hydrogens is 352 g/mol. The molecule has 1 aliphatic rings. The van der Waals surface area contributed by atoms with E-state index in [2.05, 4.69) is 20.6 Å². The topological polar surface area (TPSA) is 72.5 Å². The van der Waals surface area contributed by atoms with Crippen molar-refractivity contribution in [1.82, 2.24) is 15.5 Å². The number of benzene rings is 2. The monoisotopic (exact) mass is 376 g/mol. The summed E-state index contributed by atoms with van der Waals surface area (Å²) < 4.78 is 5.44. The van der Waals surface area contributed by atoms with Crippen molar-refractivity contribution in [2.45, 2.75) is 32.3 Å². The number of oxime groups is 1. The molecule has 28 heavy (non-hydrogen) atoms. The second-order valence-electron chi connectivity index (χ2n) is 7.06. The van der Waals surface area contributed by atoms with Crippen molar-refractivity contribution in [1.29, 1.82) is 0 Å². The number of nitrogens with one attached hydrogen (secondary N) is 1. The van der Waals surface area contributed by atoms with Gasteiger partial charge in [-0.05, 0) is 37.9 Å². The van der Waals surface area contributed by atoms with Crippen molar-refractivity contribution < 1.29 is 9.36 Å². The van der Waals surface area contributed by atoms with Gasteiger partial charge >= 0.3 is 0 Å². The quantitative estimate of drug-likeness (QED) is 0.512. The van der Waals surface area contributed by atoms with Gasteiger partial charge in [0.2, 0.25) is 11.7 Å². The first-order chi connectivity index (χ1) is 13.7. The van der Waals surface area contributed by atoms with Crippen molar-refractivity contribution >= 4 is 5.71 Å². The van der Waals surface area contributed by atoms with Gasteiger partial charge in [0.15, 0.2) is 0 Å². The van der Waals surface area contributed by atoms with Gasteiger partial charge < -0.3 is 14.7 Å². The zero-order valence-corrected chi connectivity index (χ0v) is 16.1. The molecule has 1 aliphatic heterocycles. The zero-order chi connectivity index (χ0) is 19.3. The largest absolute Gasteiger partial charge is 0.388 e. The van der Waals surface area contributed by atoms with Crippen molar-refractivity contribution in [3.8, 4) is 11.4 Å². The molecule has 4 rings (SSSR count). The van der Waals surface area contributed by atoms with E-state index < -0.39 is 0 Å². The minimum atomic E-state index is -0.0988. The number of aromatic nitrogens is 2. The molecule has 0 saturated carbocycles. The summed E-state index contributed by atoms with van der Waals surface area (Å²) in [6.45, 7) is 5.83. The summed E-state index contributed by atoms with van der Waals surface area (Å²) in [7, 11) is 0. The van der Waals surface area contributed by atoms with Crippen LogP contribution in [0.15, 0.2) is 64.3 Å². The molecule has 6 heteroatoms. The molecule has 0 bridgehead atoms. The van der Waals surface area contributed by atoms with Gasteiger partial charge in [0.25, 0.3) is 0 Å². The third kappa shape index (κ3) is 4.12. The van der Waals surface area contributed by atoms with E-state index in [-0.39, 0.29) is 6.10 Å². The van der Waals surface area contributed by atoms with E-state index >= 15 is 0 Å². The van der Waals surface area contributed by atoms with Crippen molar-refractivity contribution in [3.63, 3.8) is 0 Å². The summed E-state index contributed by atoms with van der Waals surface area (Å²) in [4.78, 5) is 10.2. The van der Waals surface area contributed by atoms with Gasteiger partial charge in [0, 0.05) is 12.1 Å². The summed E-state index contributed by atoms with van der Waals surface area (Å²) in [6.07, 6.45) is 0.940. The highest BCUT2D eigenvalue weighted by Gasteiger charge is 2.23. The average molecular weight is 376 g/mol. The van der Waals surface area contributed by atoms with E-state index in [0.29, 0.717) is 17.6 Å². The first-order valence-corrected chi connectivity index (χ1v) is 9.61. The van der Waals surface area contributed by atoms with E-state index in [1.54, 1.807) is 0 Å². The van der Waals surface area contributed by atoms with Crippen molar-refractivity contribution in [2.75, 3.05) is 13.1 Å². The van der Waals surface area contributed by atoms with E-state index in [1.807, 2.05) is 68.4 Å². The predicted molar refractivity (Wildman–Crippen MR) is 108 cm³/mol. The summed E-state index contributed by atoms with van der Waals surface area (Å²) in [5.74, 6) is 1.65. The SMILES string of the molecule is C/C(=N\OC(C)c1ccccc1)c1ccc(-c2noc([C@@H]3CCNC3)n2)cc1. The Labute approximate surface area is 164 Å². The van der Waals surface area contributed by atoms with Gasteiger partial charge in [-0.2, -0.15) is 4.98 Å². The Morgan fingerprint density at radius 3 is 2.68 bits per heavy atom. The third-order valence-electron chi connectivity index (χ3n) is 5.03. The molecule has 0 aliphatic carbocycles. The molecule has 0 amide bonds. The first-order valence-electron chi connectivity index (χ1n) is 9.61.